The Hall–Kier alpha value is -2.69. The zero-order valence-electron chi connectivity index (χ0n) is 11.4. The Morgan fingerprint density at radius 1 is 0.818 bits per heavy atom. The van der Waals surface area contributed by atoms with Gasteiger partial charge in [-0.15, -0.1) is 0 Å². The summed E-state index contributed by atoms with van der Waals surface area (Å²) in [5.41, 5.74) is 6.64. The molecule has 0 fully saturated rings. The summed E-state index contributed by atoms with van der Waals surface area (Å²) in [4.78, 5) is 0. The Kier molecular flexibility index (Phi) is 2.46. The van der Waals surface area contributed by atoms with Crippen LogP contribution in [0.1, 0.15) is 5.69 Å². The molecule has 0 atom stereocenters. The molecule has 22 heavy (non-hydrogen) atoms. The van der Waals surface area contributed by atoms with Crippen LogP contribution >= 0.6 is 0 Å². The van der Waals surface area contributed by atoms with E-state index in [4.69, 9.17) is 5.73 Å². The topological polar surface area (TPSA) is 30.4 Å². The number of nitrogen functional groups attached to an aromatic ring is 1. The SMILES string of the molecule is Nc1ccc2c(c1)cc1c3ccccc3cc(C(F)(F)F)n21. The summed E-state index contributed by atoms with van der Waals surface area (Å²) in [6.07, 6.45) is -4.43. The number of pyridine rings is 1. The predicted octanol–water partition coefficient (Wildman–Crippen LogP) is 4.85. The highest BCUT2D eigenvalue weighted by molar-refractivity contribution is 6.03. The fourth-order valence-corrected chi connectivity index (χ4v) is 2.97. The van der Waals surface area contributed by atoms with Crippen molar-refractivity contribution in [2.75, 3.05) is 5.73 Å². The van der Waals surface area contributed by atoms with Gasteiger partial charge in [0.05, 0.1) is 11.0 Å². The van der Waals surface area contributed by atoms with Gasteiger partial charge in [0.1, 0.15) is 5.69 Å². The van der Waals surface area contributed by atoms with Crippen LogP contribution in [0.5, 0.6) is 0 Å². The summed E-state index contributed by atoms with van der Waals surface area (Å²) < 4.78 is 41.7. The molecule has 0 unspecified atom stereocenters. The van der Waals surface area contributed by atoms with E-state index in [0.717, 1.165) is 5.39 Å². The molecule has 2 heterocycles. The van der Waals surface area contributed by atoms with Gasteiger partial charge in [-0.05, 0) is 35.7 Å². The molecule has 5 heteroatoms. The molecule has 0 radical (unpaired) electrons. The third kappa shape index (κ3) is 1.75. The first-order valence-corrected chi connectivity index (χ1v) is 6.75. The summed E-state index contributed by atoms with van der Waals surface area (Å²) in [5.74, 6) is 0. The maximum atomic E-state index is 13.5. The predicted molar refractivity (Wildman–Crippen MR) is 81.8 cm³/mol. The van der Waals surface area contributed by atoms with Gasteiger partial charge in [0.15, 0.2) is 0 Å². The van der Waals surface area contributed by atoms with Crippen molar-refractivity contribution in [3.63, 3.8) is 0 Å². The van der Waals surface area contributed by atoms with Crippen LogP contribution in [0.2, 0.25) is 0 Å². The van der Waals surface area contributed by atoms with E-state index < -0.39 is 11.9 Å². The van der Waals surface area contributed by atoms with Gasteiger partial charge in [-0.25, -0.2) is 0 Å². The quantitative estimate of drug-likeness (QED) is 0.462. The molecule has 4 rings (SSSR count). The van der Waals surface area contributed by atoms with Crippen LogP contribution in [0.15, 0.2) is 54.6 Å². The number of fused-ring (bicyclic) bond motifs is 5. The van der Waals surface area contributed by atoms with Gasteiger partial charge < -0.3 is 10.1 Å². The lowest BCUT2D eigenvalue weighted by Crippen LogP contribution is -2.11. The molecule has 4 aromatic rings. The van der Waals surface area contributed by atoms with Crippen molar-refractivity contribution in [1.82, 2.24) is 4.40 Å². The summed E-state index contributed by atoms with van der Waals surface area (Å²) >= 11 is 0. The van der Waals surface area contributed by atoms with Gasteiger partial charge >= 0.3 is 6.18 Å². The minimum atomic E-state index is -4.43. The van der Waals surface area contributed by atoms with Crippen molar-refractivity contribution in [2.24, 2.45) is 0 Å². The van der Waals surface area contributed by atoms with E-state index in [0.29, 0.717) is 27.5 Å². The second-order valence-corrected chi connectivity index (χ2v) is 5.30. The normalized spacial score (nSPS) is 12.5. The second kappa shape index (κ2) is 4.16. The maximum absolute atomic E-state index is 13.5. The van der Waals surface area contributed by atoms with E-state index in [1.807, 2.05) is 12.1 Å². The van der Waals surface area contributed by atoms with Gasteiger partial charge in [0.25, 0.3) is 0 Å². The number of nitrogens with zero attached hydrogens (tertiary/aromatic N) is 1. The Bertz CT molecular complexity index is 1030. The van der Waals surface area contributed by atoms with Gasteiger partial charge in [-0.2, -0.15) is 13.2 Å². The molecule has 0 amide bonds. The van der Waals surface area contributed by atoms with Gasteiger partial charge in [-0.1, -0.05) is 24.3 Å². The summed E-state index contributed by atoms with van der Waals surface area (Å²) in [6.45, 7) is 0. The first-order valence-electron chi connectivity index (χ1n) is 6.75. The van der Waals surface area contributed by atoms with Crippen LogP contribution in [0, 0.1) is 0 Å². The van der Waals surface area contributed by atoms with Gasteiger partial charge in [0.2, 0.25) is 0 Å². The molecule has 110 valence electrons. The highest BCUT2D eigenvalue weighted by Gasteiger charge is 2.34. The van der Waals surface area contributed by atoms with Crippen molar-refractivity contribution in [3.05, 3.63) is 60.3 Å². The Morgan fingerprint density at radius 2 is 1.59 bits per heavy atom. The Balaban J connectivity index is 2.31. The third-order valence-corrected chi connectivity index (χ3v) is 3.89. The number of aromatic nitrogens is 1. The lowest BCUT2D eigenvalue weighted by Gasteiger charge is -2.13. The van der Waals surface area contributed by atoms with Crippen LogP contribution in [0.4, 0.5) is 18.9 Å². The average molecular weight is 300 g/mol. The number of hydrogen-bond acceptors (Lipinski definition) is 1. The zero-order valence-corrected chi connectivity index (χ0v) is 11.4. The highest BCUT2D eigenvalue weighted by Crippen LogP contribution is 2.37. The number of nitrogens with two attached hydrogens (primary N) is 1. The zero-order chi connectivity index (χ0) is 15.5. The first-order chi connectivity index (χ1) is 10.4. The smallest absolute Gasteiger partial charge is 0.399 e. The molecule has 0 saturated carbocycles. The molecule has 0 aliphatic rings. The van der Waals surface area contributed by atoms with Gasteiger partial charge in [-0.3, -0.25) is 0 Å². The van der Waals surface area contributed by atoms with E-state index in [1.54, 1.807) is 36.4 Å². The number of alkyl halides is 3. The minimum Gasteiger partial charge on any atom is -0.399 e. The van der Waals surface area contributed by atoms with Crippen molar-refractivity contribution in [3.8, 4) is 0 Å². The van der Waals surface area contributed by atoms with E-state index in [2.05, 4.69) is 0 Å². The molecule has 2 aromatic heterocycles. The van der Waals surface area contributed by atoms with Crippen molar-refractivity contribution in [2.45, 2.75) is 6.18 Å². The third-order valence-electron chi connectivity index (χ3n) is 3.89. The lowest BCUT2D eigenvalue weighted by atomic mass is 10.1. The monoisotopic (exact) mass is 300 g/mol. The molecule has 2 aromatic carbocycles. The average Bonchev–Trinajstić information content (AvgIpc) is 2.83. The Morgan fingerprint density at radius 3 is 2.36 bits per heavy atom. The van der Waals surface area contributed by atoms with Crippen LogP contribution in [-0.4, -0.2) is 4.40 Å². The van der Waals surface area contributed by atoms with E-state index in [-0.39, 0.29) is 0 Å². The maximum Gasteiger partial charge on any atom is 0.431 e. The Labute approximate surface area is 123 Å². The number of benzene rings is 2. The van der Waals surface area contributed by atoms with Crippen molar-refractivity contribution >= 4 is 32.9 Å². The fraction of sp³-hybridized carbons (Fsp3) is 0.0588. The van der Waals surface area contributed by atoms with E-state index >= 15 is 0 Å². The molecule has 0 aliphatic heterocycles. The standard InChI is InChI=1S/C17H11F3N2/c18-17(19,20)16-9-10-3-1-2-4-13(10)15-8-11-7-12(21)5-6-14(11)22(15)16/h1-9H,21H2. The molecule has 2 N–H and O–H groups in total. The molecule has 0 spiro atoms. The summed E-state index contributed by atoms with van der Waals surface area (Å²) in [6, 6.07) is 15.0. The fourth-order valence-electron chi connectivity index (χ4n) is 2.97. The molecular weight excluding hydrogens is 289 g/mol. The van der Waals surface area contributed by atoms with Gasteiger partial charge in [0, 0.05) is 16.5 Å². The first kappa shape index (κ1) is 13.0. The van der Waals surface area contributed by atoms with Crippen LogP contribution in [0.25, 0.3) is 27.2 Å². The summed E-state index contributed by atoms with van der Waals surface area (Å²) in [7, 11) is 0. The molecule has 0 bridgehead atoms. The minimum absolute atomic E-state index is 0.502. The van der Waals surface area contributed by atoms with E-state index in [9.17, 15) is 13.2 Å². The number of hydrogen-bond donors (Lipinski definition) is 1. The number of rotatable bonds is 0. The lowest BCUT2D eigenvalue weighted by molar-refractivity contribution is -0.141. The number of anilines is 1. The molecule has 0 saturated heterocycles. The van der Waals surface area contributed by atoms with Crippen molar-refractivity contribution in [1.29, 1.82) is 0 Å². The molecular formula is C17H11F3N2. The van der Waals surface area contributed by atoms with E-state index in [1.165, 1.54) is 10.5 Å². The molecule has 2 nitrogen and oxygen atoms in total. The second-order valence-electron chi connectivity index (χ2n) is 5.30. The summed E-state index contributed by atoms with van der Waals surface area (Å²) in [5, 5.41) is 2.05. The van der Waals surface area contributed by atoms with Crippen LogP contribution < -0.4 is 5.73 Å². The largest absolute Gasteiger partial charge is 0.431 e. The van der Waals surface area contributed by atoms with Crippen LogP contribution in [-0.2, 0) is 6.18 Å². The highest BCUT2D eigenvalue weighted by atomic mass is 19.4. The number of halogens is 3. The molecule has 0 aliphatic carbocycles. The van der Waals surface area contributed by atoms with Crippen molar-refractivity contribution < 1.29 is 13.2 Å². The van der Waals surface area contributed by atoms with Crippen LogP contribution in [0.3, 0.4) is 0 Å².